The molecule has 0 aliphatic heterocycles. The predicted molar refractivity (Wildman–Crippen MR) is 82.4 cm³/mol. The highest BCUT2D eigenvalue weighted by atomic mass is 19.1. The van der Waals surface area contributed by atoms with Gasteiger partial charge in [0.25, 0.3) is 0 Å². The topological polar surface area (TPSA) is 87.6 Å². The minimum atomic E-state index is -0.567. The summed E-state index contributed by atoms with van der Waals surface area (Å²) >= 11 is 0. The van der Waals surface area contributed by atoms with E-state index in [9.17, 15) is 4.39 Å². The van der Waals surface area contributed by atoms with E-state index in [1.54, 1.807) is 18.2 Å². The van der Waals surface area contributed by atoms with Crippen LogP contribution in [0.2, 0.25) is 0 Å². The molecule has 0 amide bonds. The Morgan fingerprint density at radius 2 is 2.00 bits per heavy atom. The van der Waals surface area contributed by atoms with Crippen molar-refractivity contribution in [2.45, 2.75) is 31.7 Å². The molecule has 0 atom stereocenters. The van der Waals surface area contributed by atoms with Crippen LogP contribution in [-0.4, -0.2) is 16.0 Å². The molecular formula is C16H16FN5. The van der Waals surface area contributed by atoms with Gasteiger partial charge in [0.15, 0.2) is 0 Å². The van der Waals surface area contributed by atoms with Crippen LogP contribution in [0.4, 0.5) is 16.2 Å². The van der Waals surface area contributed by atoms with E-state index >= 15 is 0 Å². The van der Waals surface area contributed by atoms with E-state index in [-0.39, 0.29) is 11.5 Å². The van der Waals surface area contributed by atoms with Crippen LogP contribution in [0.3, 0.4) is 0 Å². The number of aromatic nitrogens is 2. The Kier molecular flexibility index (Phi) is 3.88. The molecular weight excluding hydrogens is 281 g/mol. The summed E-state index contributed by atoms with van der Waals surface area (Å²) in [7, 11) is 0. The summed E-state index contributed by atoms with van der Waals surface area (Å²) in [6.07, 6.45) is 4.66. The van der Waals surface area contributed by atoms with Crippen LogP contribution in [0.1, 0.15) is 31.2 Å². The van der Waals surface area contributed by atoms with E-state index in [4.69, 9.17) is 11.0 Å². The number of nitrogen functional groups attached to an aromatic ring is 1. The maximum atomic E-state index is 13.8. The van der Waals surface area contributed by atoms with Crippen LogP contribution >= 0.6 is 0 Å². The van der Waals surface area contributed by atoms with E-state index in [0.29, 0.717) is 23.1 Å². The molecule has 0 radical (unpaired) electrons. The summed E-state index contributed by atoms with van der Waals surface area (Å²) in [6, 6.07) is 8.35. The molecule has 3 rings (SSSR count). The number of anilines is 2. The summed E-state index contributed by atoms with van der Waals surface area (Å²) in [5, 5.41) is 12.1. The van der Waals surface area contributed by atoms with Gasteiger partial charge >= 0.3 is 0 Å². The van der Waals surface area contributed by atoms with Crippen molar-refractivity contribution in [1.29, 1.82) is 5.26 Å². The van der Waals surface area contributed by atoms with Gasteiger partial charge in [0.1, 0.15) is 17.7 Å². The predicted octanol–water partition coefficient (Wildman–Crippen LogP) is 3.09. The van der Waals surface area contributed by atoms with Gasteiger partial charge in [-0.25, -0.2) is 9.37 Å². The van der Waals surface area contributed by atoms with Gasteiger partial charge in [-0.3, -0.25) is 0 Å². The minimum Gasteiger partial charge on any atom is -0.368 e. The Morgan fingerprint density at radius 1 is 1.23 bits per heavy atom. The lowest BCUT2D eigenvalue weighted by Crippen LogP contribution is -2.16. The molecule has 112 valence electrons. The fraction of sp³-hybridized carbons (Fsp3) is 0.312. The monoisotopic (exact) mass is 297 g/mol. The molecule has 0 saturated heterocycles. The van der Waals surface area contributed by atoms with Gasteiger partial charge in [-0.05, 0) is 25.0 Å². The summed E-state index contributed by atoms with van der Waals surface area (Å²) in [5.41, 5.74) is 6.87. The Labute approximate surface area is 128 Å². The van der Waals surface area contributed by atoms with Crippen LogP contribution in [0.25, 0.3) is 11.3 Å². The molecule has 0 bridgehead atoms. The summed E-state index contributed by atoms with van der Waals surface area (Å²) in [6.45, 7) is 0. The lowest BCUT2D eigenvalue weighted by Gasteiger charge is -2.13. The van der Waals surface area contributed by atoms with Gasteiger partial charge < -0.3 is 11.1 Å². The molecule has 1 aliphatic rings. The molecule has 22 heavy (non-hydrogen) atoms. The number of nitrogens with two attached hydrogens (primary N) is 1. The van der Waals surface area contributed by atoms with Crippen LogP contribution in [0, 0.1) is 17.1 Å². The van der Waals surface area contributed by atoms with Crippen molar-refractivity contribution in [2.75, 3.05) is 11.1 Å². The SMILES string of the molecule is N#Cc1ccc(-c2cc(NC3CCCC3)nc(N)n2)cc1F. The number of nitrogens with one attached hydrogen (secondary N) is 1. The average molecular weight is 297 g/mol. The van der Waals surface area contributed by atoms with E-state index in [1.807, 2.05) is 0 Å². The van der Waals surface area contributed by atoms with Crippen molar-refractivity contribution in [1.82, 2.24) is 9.97 Å². The normalized spacial score (nSPS) is 14.7. The number of hydrogen-bond donors (Lipinski definition) is 2. The number of nitrogens with zero attached hydrogens (tertiary/aromatic N) is 3. The number of rotatable bonds is 3. The van der Waals surface area contributed by atoms with E-state index in [2.05, 4.69) is 15.3 Å². The molecule has 1 fully saturated rings. The Balaban J connectivity index is 1.91. The molecule has 6 heteroatoms. The van der Waals surface area contributed by atoms with Gasteiger partial charge in [-0.15, -0.1) is 0 Å². The molecule has 3 N–H and O–H groups in total. The third kappa shape index (κ3) is 2.98. The van der Waals surface area contributed by atoms with Gasteiger partial charge in [-0.1, -0.05) is 18.9 Å². The molecule has 1 aliphatic carbocycles. The summed E-state index contributed by atoms with van der Waals surface area (Å²) in [5.74, 6) is 0.226. The molecule has 1 heterocycles. The first-order chi connectivity index (χ1) is 10.7. The zero-order valence-corrected chi connectivity index (χ0v) is 12.0. The molecule has 1 saturated carbocycles. The molecule has 5 nitrogen and oxygen atoms in total. The minimum absolute atomic E-state index is 0.00934. The second-order valence-electron chi connectivity index (χ2n) is 5.43. The van der Waals surface area contributed by atoms with Gasteiger partial charge in [-0.2, -0.15) is 10.2 Å². The van der Waals surface area contributed by atoms with Crippen molar-refractivity contribution >= 4 is 11.8 Å². The maximum absolute atomic E-state index is 13.8. The fourth-order valence-electron chi connectivity index (χ4n) is 2.73. The lowest BCUT2D eigenvalue weighted by atomic mass is 10.1. The van der Waals surface area contributed by atoms with Crippen molar-refractivity contribution in [2.24, 2.45) is 0 Å². The van der Waals surface area contributed by atoms with Crippen molar-refractivity contribution in [3.8, 4) is 17.3 Å². The van der Waals surface area contributed by atoms with Crippen molar-refractivity contribution < 1.29 is 4.39 Å². The number of benzene rings is 1. The third-order valence-electron chi connectivity index (χ3n) is 3.84. The number of halogens is 1. The zero-order valence-electron chi connectivity index (χ0n) is 12.0. The second-order valence-corrected chi connectivity index (χ2v) is 5.43. The highest BCUT2D eigenvalue weighted by Gasteiger charge is 2.16. The van der Waals surface area contributed by atoms with E-state index < -0.39 is 5.82 Å². The van der Waals surface area contributed by atoms with Crippen LogP contribution in [-0.2, 0) is 0 Å². The van der Waals surface area contributed by atoms with Gasteiger partial charge in [0.05, 0.1) is 11.3 Å². The average Bonchev–Trinajstić information content (AvgIpc) is 2.99. The first-order valence-corrected chi connectivity index (χ1v) is 7.27. The molecule has 1 aromatic carbocycles. The number of nitriles is 1. The highest BCUT2D eigenvalue weighted by Crippen LogP contribution is 2.25. The van der Waals surface area contributed by atoms with E-state index in [0.717, 1.165) is 12.8 Å². The molecule has 2 aromatic rings. The fourth-order valence-corrected chi connectivity index (χ4v) is 2.73. The first kappa shape index (κ1) is 14.3. The van der Waals surface area contributed by atoms with Gasteiger partial charge in [0, 0.05) is 17.7 Å². The van der Waals surface area contributed by atoms with Crippen molar-refractivity contribution in [3.63, 3.8) is 0 Å². The second kappa shape index (κ2) is 5.98. The third-order valence-corrected chi connectivity index (χ3v) is 3.84. The maximum Gasteiger partial charge on any atom is 0.222 e. The lowest BCUT2D eigenvalue weighted by molar-refractivity contribution is 0.624. The van der Waals surface area contributed by atoms with Crippen LogP contribution in [0.5, 0.6) is 0 Å². The van der Waals surface area contributed by atoms with E-state index in [1.165, 1.54) is 25.0 Å². The Morgan fingerprint density at radius 3 is 2.68 bits per heavy atom. The van der Waals surface area contributed by atoms with Crippen LogP contribution in [0.15, 0.2) is 24.3 Å². The smallest absolute Gasteiger partial charge is 0.222 e. The standard InChI is InChI=1S/C16H16FN5/c17-13-7-10(5-6-11(13)9-18)14-8-15(22-16(19)21-14)20-12-3-1-2-4-12/h5-8,12H,1-4H2,(H3,19,20,21,22). The van der Waals surface area contributed by atoms with Crippen LogP contribution < -0.4 is 11.1 Å². The zero-order chi connectivity index (χ0) is 15.5. The van der Waals surface area contributed by atoms with Gasteiger partial charge in [0.2, 0.25) is 5.95 Å². The first-order valence-electron chi connectivity index (χ1n) is 7.27. The van der Waals surface area contributed by atoms with Crippen molar-refractivity contribution in [3.05, 3.63) is 35.6 Å². The quantitative estimate of drug-likeness (QED) is 0.909. The summed E-state index contributed by atoms with van der Waals surface area (Å²) < 4.78 is 13.8. The summed E-state index contributed by atoms with van der Waals surface area (Å²) in [4.78, 5) is 8.34. The number of hydrogen-bond acceptors (Lipinski definition) is 5. The Hall–Kier alpha value is -2.68. The Bertz CT molecular complexity index is 732. The highest BCUT2D eigenvalue weighted by molar-refractivity contribution is 5.65. The molecule has 0 spiro atoms. The largest absolute Gasteiger partial charge is 0.368 e. The molecule has 1 aromatic heterocycles. The molecule has 0 unspecified atom stereocenters.